The number of amides is 1. The number of Topliss-reactive ketones (excluding diaryl/α,β-unsaturated/α-hetero) is 1. The maximum Gasteiger partial charge on any atom is 0.306 e. The Morgan fingerprint density at radius 2 is 1.79 bits per heavy atom. The van der Waals surface area contributed by atoms with Crippen LogP contribution in [0.25, 0.3) is 10.8 Å². The maximum atomic E-state index is 12.1. The van der Waals surface area contributed by atoms with E-state index in [4.69, 9.17) is 4.74 Å². The number of thiophene rings is 1. The summed E-state index contributed by atoms with van der Waals surface area (Å²) in [6.07, 6.45) is 0.0380. The van der Waals surface area contributed by atoms with Crippen LogP contribution in [0, 0.1) is 0 Å². The maximum absolute atomic E-state index is 12.1. The molecule has 0 spiro atoms. The van der Waals surface area contributed by atoms with Gasteiger partial charge in [-0.25, -0.2) is 0 Å². The summed E-state index contributed by atoms with van der Waals surface area (Å²) in [5.41, 5.74) is 0.999. The number of esters is 1. The smallest absolute Gasteiger partial charge is 0.306 e. The van der Waals surface area contributed by atoms with Gasteiger partial charge in [-0.15, -0.1) is 11.3 Å². The lowest BCUT2D eigenvalue weighted by Gasteiger charge is -2.16. The van der Waals surface area contributed by atoms with Gasteiger partial charge in [0, 0.05) is 6.42 Å². The molecule has 0 aliphatic carbocycles. The highest BCUT2D eigenvalue weighted by molar-refractivity contribution is 7.12. The highest BCUT2D eigenvalue weighted by Crippen LogP contribution is 2.23. The molecule has 1 unspecified atom stereocenters. The van der Waals surface area contributed by atoms with Crippen molar-refractivity contribution in [2.45, 2.75) is 25.8 Å². The highest BCUT2D eigenvalue weighted by atomic mass is 32.1. The number of benzene rings is 2. The molecule has 6 heteroatoms. The third-order valence-corrected chi connectivity index (χ3v) is 5.29. The number of hydrogen-bond donors (Lipinski definition) is 1. The van der Waals surface area contributed by atoms with Gasteiger partial charge in [-0.2, -0.15) is 0 Å². The summed E-state index contributed by atoms with van der Waals surface area (Å²) in [5.74, 6) is -1.03. The topological polar surface area (TPSA) is 72.5 Å². The Hall–Kier alpha value is -2.99. The van der Waals surface area contributed by atoms with E-state index < -0.39 is 5.97 Å². The molecular weight excluding hydrogens is 374 g/mol. The van der Waals surface area contributed by atoms with E-state index in [9.17, 15) is 14.4 Å². The minimum absolute atomic E-state index is 0.0388. The Balaban J connectivity index is 1.47. The third-order valence-electron chi connectivity index (χ3n) is 4.38. The van der Waals surface area contributed by atoms with Crippen LogP contribution >= 0.6 is 11.3 Å². The first-order valence-electron chi connectivity index (χ1n) is 9.04. The summed E-state index contributed by atoms with van der Waals surface area (Å²) in [7, 11) is 0. The molecule has 1 N–H and O–H groups in total. The molecule has 2 aromatic carbocycles. The average molecular weight is 395 g/mol. The first-order valence-corrected chi connectivity index (χ1v) is 9.92. The largest absolute Gasteiger partial charge is 0.456 e. The monoisotopic (exact) mass is 395 g/mol. The number of ether oxygens (including phenoxy) is 1. The molecule has 0 aliphatic heterocycles. The standard InChI is InChI=1S/C22H21NO4S/c1-15(17-9-4-7-16-6-2-3-8-18(16)17)23-21(25)14-27-22(26)12-11-19(24)20-10-5-13-28-20/h2-10,13,15H,11-12,14H2,1H3,(H,23,25). The quantitative estimate of drug-likeness (QED) is 0.456. The normalized spacial score (nSPS) is 11.8. The highest BCUT2D eigenvalue weighted by Gasteiger charge is 2.15. The molecule has 0 saturated heterocycles. The van der Waals surface area contributed by atoms with Gasteiger partial charge < -0.3 is 10.1 Å². The van der Waals surface area contributed by atoms with Crippen LogP contribution in [0.5, 0.6) is 0 Å². The van der Waals surface area contributed by atoms with Crippen LogP contribution in [0.1, 0.15) is 41.0 Å². The van der Waals surface area contributed by atoms with Crippen molar-refractivity contribution in [3.63, 3.8) is 0 Å². The van der Waals surface area contributed by atoms with Crippen LogP contribution in [0.4, 0.5) is 0 Å². The number of carbonyl (C=O) groups excluding carboxylic acids is 3. The summed E-state index contributed by atoms with van der Waals surface area (Å²) in [6, 6.07) is 17.2. The molecule has 1 atom stereocenters. The Bertz CT molecular complexity index is 976. The molecule has 0 radical (unpaired) electrons. The van der Waals surface area contributed by atoms with Crippen molar-refractivity contribution in [3.05, 3.63) is 70.4 Å². The molecule has 3 rings (SSSR count). The van der Waals surface area contributed by atoms with Gasteiger partial charge in [0.05, 0.1) is 17.3 Å². The van der Waals surface area contributed by atoms with E-state index in [0.717, 1.165) is 16.3 Å². The second kappa shape index (κ2) is 9.28. The van der Waals surface area contributed by atoms with Gasteiger partial charge in [-0.3, -0.25) is 14.4 Å². The Morgan fingerprint density at radius 3 is 2.57 bits per heavy atom. The number of nitrogens with one attached hydrogen (secondary N) is 1. The van der Waals surface area contributed by atoms with E-state index in [1.54, 1.807) is 12.1 Å². The first kappa shape index (κ1) is 19.8. The molecule has 5 nitrogen and oxygen atoms in total. The van der Waals surface area contributed by atoms with Crippen LogP contribution in [0.3, 0.4) is 0 Å². The zero-order chi connectivity index (χ0) is 19.9. The second-order valence-electron chi connectivity index (χ2n) is 6.42. The molecule has 0 aliphatic rings. The van der Waals surface area contributed by atoms with Crippen LogP contribution < -0.4 is 5.32 Å². The molecule has 1 heterocycles. The van der Waals surface area contributed by atoms with Gasteiger partial charge >= 0.3 is 5.97 Å². The molecule has 144 valence electrons. The fourth-order valence-corrected chi connectivity index (χ4v) is 3.68. The minimum atomic E-state index is -0.558. The number of hydrogen-bond acceptors (Lipinski definition) is 5. The SMILES string of the molecule is CC(NC(=O)COC(=O)CCC(=O)c1cccs1)c1cccc2ccccc12. The Kier molecular flexibility index (Phi) is 6.55. The van der Waals surface area contributed by atoms with E-state index in [1.165, 1.54) is 11.3 Å². The lowest BCUT2D eigenvalue weighted by molar-refractivity contribution is -0.148. The van der Waals surface area contributed by atoms with Gasteiger partial charge in [0.15, 0.2) is 12.4 Å². The summed E-state index contributed by atoms with van der Waals surface area (Å²) in [6.45, 7) is 1.53. The predicted octanol–water partition coefficient (Wildman–Crippen LogP) is 4.28. The fraction of sp³-hybridized carbons (Fsp3) is 0.227. The lowest BCUT2D eigenvalue weighted by Crippen LogP contribution is -2.31. The minimum Gasteiger partial charge on any atom is -0.456 e. The predicted molar refractivity (Wildman–Crippen MR) is 109 cm³/mol. The summed E-state index contributed by atoms with van der Waals surface area (Å²) >= 11 is 1.34. The molecule has 3 aromatic rings. The van der Waals surface area contributed by atoms with E-state index in [-0.39, 0.29) is 37.2 Å². The molecule has 1 amide bonds. The van der Waals surface area contributed by atoms with Crippen molar-refractivity contribution in [1.29, 1.82) is 0 Å². The molecule has 0 fully saturated rings. The third kappa shape index (κ3) is 5.04. The van der Waals surface area contributed by atoms with Crippen molar-refractivity contribution >= 4 is 39.8 Å². The first-order chi connectivity index (χ1) is 13.5. The number of carbonyl (C=O) groups is 3. The Morgan fingerprint density at radius 1 is 1.00 bits per heavy atom. The summed E-state index contributed by atoms with van der Waals surface area (Å²) in [4.78, 5) is 36.4. The van der Waals surface area contributed by atoms with Gasteiger partial charge in [0.2, 0.25) is 0 Å². The van der Waals surface area contributed by atoms with Crippen LogP contribution in [-0.4, -0.2) is 24.3 Å². The van der Waals surface area contributed by atoms with Crippen molar-refractivity contribution < 1.29 is 19.1 Å². The Labute approximate surface area is 167 Å². The van der Waals surface area contributed by atoms with Gasteiger partial charge in [-0.1, -0.05) is 48.5 Å². The van der Waals surface area contributed by atoms with Crippen LogP contribution in [0.2, 0.25) is 0 Å². The summed E-state index contributed by atoms with van der Waals surface area (Å²) in [5, 5.41) is 6.83. The van der Waals surface area contributed by atoms with Crippen LogP contribution in [-0.2, 0) is 14.3 Å². The molecule has 0 bridgehead atoms. The van der Waals surface area contributed by atoms with E-state index in [0.29, 0.717) is 4.88 Å². The van der Waals surface area contributed by atoms with E-state index in [1.807, 2.05) is 54.8 Å². The molecular formula is C22H21NO4S. The number of ketones is 1. The van der Waals surface area contributed by atoms with Gasteiger partial charge in [-0.05, 0) is 34.7 Å². The van der Waals surface area contributed by atoms with Gasteiger partial charge in [0.1, 0.15) is 0 Å². The van der Waals surface area contributed by atoms with Crippen molar-refractivity contribution in [2.75, 3.05) is 6.61 Å². The number of rotatable bonds is 8. The average Bonchev–Trinajstić information content (AvgIpc) is 3.25. The fourth-order valence-electron chi connectivity index (χ4n) is 2.98. The van der Waals surface area contributed by atoms with Crippen molar-refractivity contribution in [2.24, 2.45) is 0 Å². The molecule has 28 heavy (non-hydrogen) atoms. The zero-order valence-corrected chi connectivity index (χ0v) is 16.3. The zero-order valence-electron chi connectivity index (χ0n) is 15.5. The molecule has 1 aromatic heterocycles. The van der Waals surface area contributed by atoms with E-state index in [2.05, 4.69) is 5.32 Å². The summed E-state index contributed by atoms with van der Waals surface area (Å²) < 4.78 is 5.00. The van der Waals surface area contributed by atoms with Crippen molar-refractivity contribution in [3.8, 4) is 0 Å². The second-order valence-corrected chi connectivity index (χ2v) is 7.37. The number of fused-ring (bicyclic) bond motifs is 1. The molecule has 0 saturated carbocycles. The van der Waals surface area contributed by atoms with Crippen LogP contribution in [0.15, 0.2) is 60.0 Å². The van der Waals surface area contributed by atoms with Crippen molar-refractivity contribution in [1.82, 2.24) is 5.32 Å². The van der Waals surface area contributed by atoms with E-state index >= 15 is 0 Å². The lowest BCUT2D eigenvalue weighted by atomic mass is 10.00. The van der Waals surface area contributed by atoms with Gasteiger partial charge in [0.25, 0.3) is 5.91 Å².